The standard InChI is InChI=1S/C25H27NS2/c1-17-12-18(2)25(19(3)13-17)28-26-11-10-22-14-21(8-9-23(22)16-26)20-6-5-7-24(15-20)27-4/h5-9,12-15H,10-11,16H2,1-4H3. The Labute approximate surface area is 177 Å². The first-order valence-electron chi connectivity index (χ1n) is 9.80. The van der Waals surface area contributed by atoms with E-state index in [1.165, 1.54) is 48.7 Å². The van der Waals surface area contributed by atoms with Crippen molar-refractivity contribution in [3.8, 4) is 11.1 Å². The number of hydrogen-bond donors (Lipinski definition) is 0. The van der Waals surface area contributed by atoms with Crippen LogP contribution in [0.4, 0.5) is 0 Å². The van der Waals surface area contributed by atoms with Crippen LogP contribution in [-0.2, 0) is 13.0 Å². The molecule has 4 rings (SSSR count). The molecule has 3 heteroatoms. The molecule has 0 N–H and O–H groups in total. The molecule has 28 heavy (non-hydrogen) atoms. The highest BCUT2D eigenvalue weighted by Gasteiger charge is 2.19. The van der Waals surface area contributed by atoms with Crippen molar-refractivity contribution >= 4 is 23.7 Å². The van der Waals surface area contributed by atoms with Gasteiger partial charge in [-0.1, -0.05) is 48.0 Å². The van der Waals surface area contributed by atoms with Crippen molar-refractivity contribution in [2.75, 3.05) is 12.8 Å². The summed E-state index contributed by atoms with van der Waals surface area (Å²) in [6, 6.07) is 20.5. The monoisotopic (exact) mass is 405 g/mol. The molecular weight excluding hydrogens is 378 g/mol. The van der Waals surface area contributed by atoms with E-state index in [4.69, 9.17) is 0 Å². The molecule has 0 bridgehead atoms. The summed E-state index contributed by atoms with van der Waals surface area (Å²) in [6.07, 6.45) is 3.25. The summed E-state index contributed by atoms with van der Waals surface area (Å²) in [7, 11) is 0. The molecule has 144 valence electrons. The van der Waals surface area contributed by atoms with Crippen LogP contribution in [0.25, 0.3) is 11.1 Å². The van der Waals surface area contributed by atoms with E-state index in [1.807, 2.05) is 11.9 Å². The second-order valence-electron chi connectivity index (χ2n) is 7.65. The summed E-state index contributed by atoms with van der Waals surface area (Å²) in [6.45, 7) is 8.75. The van der Waals surface area contributed by atoms with Crippen molar-refractivity contribution in [2.24, 2.45) is 0 Å². The lowest BCUT2D eigenvalue weighted by atomic mass is 9.95. The molecule has 0 atom stereocenters. The van der Waals surface area contributed by atoms with Crippen molar-refractivity contribution in [3.05, 3.63) is 82.4 Å². The number of rotatable bonds is 4. The predicted octanol–water partition coefficient (Wildman–Crippen LogP) is 7.07. The molecule has 0 saturated carbocycles. The van der Waals surface area contributed by atoms with E-state index >= 15 is 0 Å². The molecule has 0 radical (unpaired) electrons. The van der Waals surface area contributed by atoms with Crippen molar-refractivity contribution in [2.45, 2.75) is 43.5 Å². The second kappa shape index (κ2) is 8.36. The van der Waals surface area contributed by atoms with Gasteiger partial charge in [0.2, 0.25) is 0 Å². The summed E-state index contributed by atoms with van der Waals surface area (Å²) < 4.78 is 2.51. The van der Waals surface area contributed by atoms with Gasteiger partial charge in [-0.25, -0.2) is 4.31 Å². The molecule has 0 amide bonds. The van der Waals surface area contributed by atoms with Gasteiger partial charge in [0.05, 0.1) is 0 Å². The minimum Gasteiger partial charge on any atom is -0.242 e. The van der Waals surface area contributed by atoms with Crippen molar-refractivity contribution in [3.63, 3.8) is 0 Å². The van der Waals surface area contributed by atoms with Crippen LogP contribution in [0.5, 0.6) is 0 Å². The van der Waals surface area contributed by atoms with Gasteiger partial charge in [0, 0.05) is 22.9 Å². The van der Waals surface area contributed by atoms with Crippen LogP contribution in [0.1, 0.15) is 27.8 Å². The van der Waals surface area contributed by atoms with Gasteiger partial charge in [-0.3, -0.25) is 0 Å². The quantitative estimate of drug-likeness (QED) is 0.338. The first-order chi connectivity index (χ1) is 13.5. The molecule has 1 nitrogen and oxygen atoms in total. The number of hydrogen-bond acceptors (Lipinski definition) is 3. The smallest absolute Gasteiger partial charge is 0.0346 e. The first-order valence-corrected chi connectivity index (χ1v) is 11.8. The highest BCUT2D eigenvalue weighted by Crippen LogP contribution is 2.35. The molecule has 3 aromatic carbocycles. The first kappa shape index (κ1) is 19.6. The topological polar surface area (TPSA) is 3.24 Å². The maximum atomic E-state index is 2.51. The van der Waals surface area contributed by atoms with Crippen LogP contribution in [0.15, 0.2) is 64.4 Å². The van der Waals surface area contributed by atoms with E-state index in [-0.39, 0.29) is 0 Å². The molecule has 0 fully saturated rings. The van der Waals surface area contributed by atoms with Gasteiger partial charge in [-0.05, 0) is 90.9 Å². The largest absolute Gasteiger partial charge is 0.242 e. The van der Waals surface area contributed by atoms with E-state index in [9.17, 15) is 0 Å². The van der Waals surface area contributed by atoms with Crippen LogP contribution < -0.4 is 0 Å². The molecule has 3 aromatic rings. The molecule has 0 unspecified atom stereocenters. The van der Waals surface area contributed by atoms with Crippen molar-refractivity contribution < 1.29 is 0 Å². The Bertz CT molecular complexity index is 986. The maximum absolute atomic E-state index is 2.51. The Morgan fingerprint density at radius 2 is 1.57 bits per heavy atom. The van der Waals surface area contributed by atoms with E-state index in [0.717, 1.165) is 19.5 Å². The van der Waals surface area contributed by atoms with E-state index in [1.54, 1.807) is 11.8 Å². The maximum Gasteiger partial charge on any atom is 0.0346 e. The zero-order chi connectivity index (χ0) is 19.7. The van der Waals surface area contributed by atoms with Gasteiger partial charge in [0.25, 0.3) is 0 Å². The van der Waals surface area contributed by atoms with Gasteiger partial charge in [0.1, 0.15) is 0 Å². The van der Waals surface area contributed by atoms with E-state index in [0.29, 0.717) is 0 Å². The Balaban J connectivity index is 1.54. The fourth-order valence-corrected chi connectivity index (χ4v) is 5.54. The lowest BCUT2D eigenvalue weighted by molar-refractivity contribution is 0.444. The van der Waals surface area contributed by atoms with Crippen molar-refractivity contribution in [1.82, 2.24) is 4.31 Å². The average Bonchev–Trinajstić information content (AvgIpc) is 2.70. The SMILES string of the molecule is CSc1cccc(-c2ccc3c(c2)CCN(Sc2c(C)cc(C)cc2C)C3)c1. The van der Waals surface area contributed by atoms with E-state index in [2.05, 4.69) is 85.9 Å². The molecule has 0 aliphatic carbocycles. The average molecular weight is 406 g/mol. The fourth-order valence-electron chi connectivity index (χ4n) is 4.03. The zero-order valence-electron chi connectivity index (χ0n) is 17.1. The van der Waals surface area contributed by atoms with Gasteiger partial charge in [0.15, 0.2) is 0 Å². The summed E-state index contributed by atoms with van der Waals surface area (Å²) >= 11 is 3.73. The highest BCUT2D eigenvalue weighted by atomic mass is 32.2. The van der Waals surface area contributed by atoms with Crippen LogP contribution in [-0.4, -0.2) is 17.1 Å². The molecule has 0 saturated heterocycles. The van der Waals surface area contributed by atoms with Crippen LogP contribution in [0.2, 0.25) is 0 Å². The normalized spacial score (nSPS) is 14.1. The number of nitrogens with zero attached hydrogens (tertiary/aromatic N) is 1. The third-order valence-electron chi connectivity index (χ3n) is 5.41. The Morgan fingerprint density at radius 1 is 0.821 bits per heavy atom. The van der Waals surface area contributed by atoms with Gasteiger partial charge in [-0.15, -0.1) is 11.8 Å². The third kappa shape index (κ3) is 4.17. The van der Waals surface area contributed by atoms with Crippen LogP contribution in [0.3, 0.4) is 0 Å². The molecule has 1 heterocycles. The minimum atomic E-state index is 1.01. The van der Waals surface area contributed by atoms with Crippen molar-refractivity contribution in [1.29, 1.82) is 0 Å². The molecule has 1 aliphatic rings. The van der Waals surface area contributed by atoms with Gasteiger partial charge in [-0.2, -0.15) is 0 Å². The number of fused-ring (bicyclic) bond motifs is 1. The number of aryl methyl sites for hydroxylation is 3. The number of thioether (sulfide) groups is 1. The Morgan fingerprint density at radius 3 is 2.32 bits per heavy atom. The van der Waals surface area contributed by atoms with Crippen LogP contribution in [0, 0.1) is 20.8 Å². The molecular formula is C25H27NS2. The summed E-state index contributed by atoms with van der Waals surface area (Å²) in [5, 5.41) is 0. The summed E-state index contributed by atoms with van der Waals surface area (Å²) in [5.41, 5.74) is 9.74. The van der Waals surface area contributed by atoms with E-state index < -0.39 is 0 Å². The number of benzene rings is 3. The Hall–Kier alpha value is -1.68. The molecule has 1 aliphatic heterocycles. The molecule has 0 aromatic heterocycles. The molecule has 0 spiro atoms. The Kier molecular flexibility index (Phi) is 5.86. The van der Waals surface area contributed by atoms with Gasteiger partial charge < -0.3 is 0 Å². The summed E-state index contributed by atoms with van der Waals surface area (Å²) in [5.74, 6) is 0. The zero-order valence-corrected chi connectivity index (χ0v) is 18.7. The fraction of sp³-hybridized carbons (Fsp3) is 0.280. The third-order valence-corrected chi connectivity index (χ3v) is 7.53. The lowest BCUT2D eigenvalue weighted by Crippen LogP contribution is -2.24. The summed E-state index contributed by atoms with van der Waals surface area (Å²) in [4.78, 5) is 2.74. The lowest BCUT2D eigenvalue weighted by Gasteiger charge is -2.29. The predicted molar refractivity (Wildman–Crippen MR) is 124 cm³/mol. The highest BCUT2D eigenvalue weighted by molar-refractivity contribution is 7.98. The van der Waals surface area contributed by atoms with Crippen LogP contribution >= 0.6 is 23.7 Å². The minimum absolute atomic E-state index is 1.01. The second-order valence-corrected chi connectivity index (χ2v) is 9.63. The van der Waals surface area contributed by atoms with Gasteiger partial charge >= 0.3 is 0 Å².